The van der Waals surface area contributed by atoms with Gasteiger partial charge in [0.1, 0.15) is 12.2 Å². The van der Waals surface area contributed by atoms with Gasteiger partial charge in [-0.15, -0.1) is 0 Å². The van der Waals surface area contributed by atoms with Gasteiger partial charge in [-0.2, -0.15) is 0 Å². The van der Waals surface area contributed by atoms with Crippen LogP contribution in [0.15, 0.2) is 12.2 Å². The van der Waals surface area contributed by atoms with E-state index in [4.69, 9.17) is 10.2 Å². The molecule has 72 valence electrons. The van der Waals surface area contributed by atoms with Crippen molar-refractivity contribution in [2.24, 2.45) is 0 Å². The molecule has 0 amide bonds. The fourth-order valence-corrected chi connectivity index (χ4v) is 0. The minimum absolute atomic E-state index is 0. The third-order valence-electron chi connectivity index (χ3n) is 0.169. The summed E-state index contributed by atoms with van der Waals surface area (Å²) in [5.41, 5.74) is 0. The summed E-state index contributed by atoms with van der Waals surface area (Å²) >= 11 is 0. The Morgan fingerprint density at radius 2 is 0.625 bits per heavy atom. The van der Waals surface area contributed by atoms with Gasteiger partial charge in [0.05, 0.1) is 0 Å². The standard InChI is InChI=1S/2C2HF2O.6Rf/c2*3-2(4)1-5;;;;;;/h2*5H;;;;;;/q2*-1;;;;;;. The molecule has 0 aromatic rings. The quantitative estimate of drug-likeness (QED) is 0.222. The molecule has 0 aliphatic rings. The minimum Gasteiger partial charge on any atom is -0.700 e. The predicted molar refractivity (Wildman–Crippen MR) is 23.2 cm³/mol. The monoisotopic (exact) mass is 1760 g/mol. The molecule has 0 saturated carbocycles. The first-order valence-electron chi connectivity index (χ1n) is 1.70. The van der Waals surface area contributed by atoms with Gasteiger partial charge in [0.2, 0.25) is 0 Å². The Morgan fingerprint density at radius 3 is 0.625 bits per heavy atom. The zero-order valence-electron chi connectivity index (χ0n) is 8.65. The van der Waals surface area contributed by atoms with Gasteiger partial charge in [-0.3, -0.25) is 0 Å². The summed E-state index contributed by atoms with van der Waals surface area (Å²) in [5.74, 6) is 0. The summed E-state index contributed by atoms with van der Waals surface area (Å²) in [4.78, 5) is 0. The van der Waals surface area contributed by atoms with Crippen LogP contribution in [0.2, 0.25) is 0 Å². The first-order valence-corrected chi connectivity index (χ1v) is 1.70. The summed E-state index contributed by atoms with van der Waals surface area (Å²) in [5, 5.41) is 14.2. The number of hydrogen-bond donors (Lipinski definition) is 2. The molecule has 0 rings (SSSR count). The Labute approximate surface area is 53.7 Å². The molecule has 0 spiro atoms. The number of hydrogen-bond acceptors (Lipinski definition) is 2. The van der Waals surface area contributed by atoms with Crippen molar-refractivity contribution in [1.29, 1.82) is 0 Å². The molecule has 0 atom stereocenters. The fraction of sp³-hybridized carbons (Fsp3) is 0. The van der Waals surface area contributed by atoms with E-state index in [0.29, 0.717) is 12.5 Å². The van der Waals surface area contributed by atoms with Crippen molar-refractivity contribution in [3.05, 3.63) is 24.7 Å². The smallest absolute Gasteiger partial charge is 0.126 e. The molecule has 2 nitrogen and oxygen atoms in total. The van der Waals surface area contributed by atoms with E-state index in [2.05, 4.69) is 0 Å². The molecular formula is C4H2F4O2Rf6-2. The molecule has 0 fully saturated rings. The van der Waals surface area contributed by atoms with Crippen LogP contribution in [0, 0.1) is 12.5 Å². The first kappa shape index (κ1) is 837. The SMILES string of the molecule is O[C-]=C(F)F.O[C-]=C(F)F.[Rf].[Rf].[Rf].[Rf].[Rf].[Rf]. The zero-order chi connectivity index (χ0) is 8.57. The van der Waals surface area contributed by atoms with E-state index in [1.807, 2.05) is 0 Å². The van der Waals surface area contributed by atoms with E-state index in [1.54, 1.807) is 0 Å². The van der Waals surface area contributed by atoms with Crippen LogP contribution < -0.4 is 0 Å². The number of rotatable bonds is 0. The molecule has 16 heavy (non-hydrogen) atoms. The van der Waals surface area contributed by atoms with Gasteiger partial charge in [0.15, 0.2) is 0 Å². The second-order valence-corrected chi connectivity index (χ2v) is 0.744. The van der Waals surface area contributed by atoms with Crippen LogP contribution in [0.5, 0.6) is 0 Å². The number of halogens is 4. The van der Waals surface area contributed by atoms with Crippen molar-refractivity contribution in [2.75, 3.05) is 0 Å². The summed E-state index contributed by atoms with van der Waals surface area (Å²) in [6, 6.07) is 0. The van der Waals surface area contributed by atoms with Crippen LogP contribution in [0.1, 0.15) is 0 Å². The molecule has 0 bridgehead atoms. The van der Waals surface area contributed by atoms with Gasteiger partial charge in [-0.1, -0.05) is 0 Å². The van der Waals surface area contributed by atoms with Gasteiger partial charge < -0.3 is 10.2 Å². The zero-order valence-corrected chi connectivity index (χ0v) is 47.0. The van der Waals surface area contributed by atoms with E-state index < -0.39 is 12.2 Å². The van der Waals surface area contributed by atoms with E-state index in [1.165, 1.54) is 0 Å². The number of aliphatic hydroxyl groups is 2. The van der Waals surface area contributed by atoms with E-state index in [-0.39, 0.29) is 0 Å². The Bertz CT molecular complexity index is 122. The van der Waals surface area contributed by atoms with Gasteiger partial charge in [-0.25, -0.2) is 30.1 Å². The number of aliphatic hydroxyl groups excluding tert-OH is 2. The summed E-state index contributed by atoms with van der Waals surface area (Å²) in [6.07, 6.45) is -3.16. The predicted octanol–water partition coefficient (Wildman–Crippen LogP) is 2.17. The fourth-order valence-electron chi connectivity index (χ4n) is 0. The summed E-state index contributed by atoms with van der Waals surface area (Å²) in [6.45, 7) is 0. The van der Waals surface area contributed by atoms with Crippen LogP contribution in [0.3, 0.4) is 0 Å². The van der Waals surface area contributed by atoms with Crippen molar-refractivity contribution in [3.63, 3.8) is 0 Å². The van der Waals surface area contributed by atoms with Gasteiger partial charge >= 0.3 is 0 Å². The van der Waals surface area contributed by atoms with Crippen LogP contribution >= 0.6 is 0 Å². The molecule has 0 aliphatic heterocycles. The molecule has 0 heterocycles. The third-order valence-corrected chi connectivity index (χ3v) is 0.169. The third kappa shape index (κ3) is 22.3. The summed E-state index contributed by atoms with van der Waals surface area (Å²) < 4.78 is 41.3. The largest absolute Gasteiger partial charge is 0.700 e. The van der Waals surface area contributed by atoms with Crippen molar-refractivity contribution >= 4 is 0 Å². The Morgan fingerprint density at radius 1 is 0.562 bits per heavy atom. The van der Waals surface area contributed by atoms with Crippen LogP contribution in [0.25, 0.3) is 0 Å². The average Bonchev–Trinajstić information content (AvgIpc) is 1.89. The maximum Gasteiger partial charge on any atom is 0.126 e. The van der Waals surface area contributed by atoms with Crippen LogP contribution in [-0.2, 0) is 0 Å². The second-order valence-electron chi connectivity index (χ2n) is 0.744. The molecule has 0 aromatic carbocycles. The molecule has 0 aliphatic carbocycles. The van der Waals surface area contributed by atoms with Crippen LogP contribution in [-0.4, -0.2) is 10.2 Å². The normalized spacial score (nSPS) is 4.25. The Balaban J connectivity index is -0.00000000970. The molecular weight excluding hydrogens is 1760 g/mol. The molecule has 0 saturated heterocycles. The maximum absolute atomic E-state index is 10.3. The molecule has 12 heteroatoms. The topological polar surface area (TPSA) is 40.5 Å². The van der Waals surface area contributed by atoms with Crippen molar-refractivity contribution < 1.29 is 27.8 Å². The van der Waals surface area contributed by atoms with E-state index in [0.717, 1.165) is 0 Å². The Kier molecular flexibility index (Phi) is 29500. The molecule has 0 aromatic heterocycles. The average molecular weight is 1760 g/mol. The Hall–Kier alpha value is -7.20. The van der Waals surface area contributed by atoms with E-state index >= 15 is 0 Å². The maximum atomic E-state index is 10.3. The van der Waals surface area contributed by atoms with Crippen molar-refractivity contribution in [3.8, 4) is 0 Å². The molecule has 0 radical (unpaired) electrons. The van der Waals surface area contributed by atoms with Gasteiger partial charge in [0, 0.05) is 0 Å². The van der Waals surface area contributed by atoms with Gasteiger partial charge in [0.25, 0.3) is 0 Å². The van der Waals surface area contributed by atoms with Crippen molar-refractivity contribution in [1.82, 2.24) is 0 Å². The molecule has 0 unspecified atom stereocenters. The minimum atomic E-state index is -2.19. The van der Waals surface area contributed by atoms with E-state index in [9.17, 15) is 17.6 Å². The van der Waals surface area contributed by atoms with Crippen molar-refractivity contribution in [2.45, 2.75) is 0 Å². The summed E-state index contributed by atoms with van der Waals surface area (Å²) in [7, 11) is 0. The van der Waals surface area contributed by atoms with Gasteiger partial charge in [-0.05, 0) is 0 Å². The second kappa shape index (κ2) is 564. The molecule has 2 N–H and O–H groups in total. The first-order chi connectivity index (χ1) is 4.54. The van der Waals surface area contributed by atoms with Crippen LogP contribution in [0.4, 0.5) is 17.6 Å².